The van der Waals surface area contributed by atoms with E-state index in [1.807, 2.05) is 6.92 Å². The van der Waals surface area contributed by atoms with Crippen molar-refractivity contribution in [2.75, 3.05) is 30.7 Å². The van der Waals surface area contributed by atoms with Crippen molar-refractivity contribution in [3.05, 3.63) is 11.0 Å². The molecule has 1 heterocycles. The minimum atomic E-state index is 0.222. The maximum absolute atomic E-state index is 5.94. The summed E-state index contributed by atoms with van der Waals surface area (Å²) in [6, 6.07) is 0.248. The lowest BCUT2D eigenvalue weighted by Gasteiger charge is -2.24. The van der Waals surface area contributed by atoms with E-state index in [2.05, 4.69) is 41.0 Å². The molecule has 0 aliphatic heterocycles. The number of nitrogens with one attached hydrogen (secondary N) is 1. The summed E-state index contributed by atoms with van der Waals surface area (Å²) in [5.74, 6) is 0.618. The number of nitrogens with two attached hydrogens (primary N) is 1. The van der Waals surface area contributed by atoms with Crippen LogP contribution in [0.25, 0.3) is 0 Å². The molecule has 18 heavy (non-hydrogen) atoms. The van der Waals surface area contributed by atoms with Gasteiger partial charge in [0.05, 0.1) is 11.4 Å². The number of nitrogen functional groups attached to an aromatic ring is 1. The summed E-state index contributed by atoms with van der Waals surface area (Å²) in [7, 11) is 0. The molecule has 0 radical (unpaired) electrons. The van der Waals surface area contributed by atoms with Gasteiger partial charge in [-0.1, -0.05) is 13.8 Å². The SMILES string of the molecule is CCN(CC)CC(C)Nc1nc(Cl)nc(C)c1N. The molecule has 1 rings (SSSR count). The van der Waals surface area contributed by atoms with Crippen molar-refractivity contribution < 1.29 is 0 Å². The first-order chi connectivity index (χ1) is 8.47. The number of nitrogens with zero attached hydrogens (tertiary/aromatic N) is 3. The summed E-state index contributed by atoms with van der Waals surface area (Å²) in [5, 5.41) is 3.51. The number of halogens is 1. The maximum atomic E-state index is 5.94. The molecule has 0 aromatic carbocycles. The van der Waals surface area contributed by atoms with Crippen LogP contribution in [-0.2, 0) is 0 Å². The molecule has 0 fully saturated rings. The van der Waals surface area contributed by atoms with Crippen molar-refractivity contribution in [3.8, 4) is 0 Å². The van der Waals surface area contributed by atoms with Crippen LogP contribution < -0.4 is 11.1 Å². The van der Waals surface area contributed by atoms with Crippen molar-refractivity contribution in [2.45, 2.75) is 33.7 Å². The van der Waals surface area contributed by atoms with Gasteiger partial charge in [0.25, 0.3) is 0 Å². The second kappa shape index (κ2) is 6.75. The molecule has 0 bridgehead atoms. The molecule has 1 aromatic heterocycles. The van der Waals surface area contributed by atoms with Crippen molar-refractivity contribution in [3.63, 3.8) is 0 Å². The quantitative estimate of drug-likeness (QED) is 0.776. The van der Waals surface area contributed by atoms with Crippen LogP contribution in [0.3, 0.4) is 0 Å². The second-order valence-corrected chi connectivity index (χ2v) is 4.71. The van der Waals surface area contributed by atoms with Gasteiger partial charge in [0.2, 0.25) is 5.28 Å². The van der Waals surface area contributed by atoms with E-state index in [0.29, 0.717) is 17.2 Å². The summed E-state index contributed by atoms with van der Waals surface area (Å²) < 4.78 is 0. The van der Waals surface area contributed by atoms with Crippen molar-refractivity contribution in [1.29, 1.82) is 0 Å². The zero-order chi connectivity index (χ0) is 13.7. The van der Waals surface area contributed by atoms with Gasteiger partial charge < -0.3 is 16.0 Å². The first-order valence-electron chi connectivity index (χ1n) is 6.26. The van der Waals surface area contributed by atoms with Gasteiger partial charge in [0.15, 0.2) is 5.82 Å². The van der Waals surface area contributed by atoms with Gasteiger partial charge in [-0.2, -0.15) is 4.98 Å². The lowest BCUT2D eigenvalue weighted by molar-refractivity contribution is 0.294. The van der Waals surface area contributed by atoms with E-state index in [1.54, 1.807) is 0 Å². The lowest BCUT2D eigenvalue weighted by Crippen LogP contribution is -2.35. The fraction of sp³-hybridized carbons (Fsp3) is 0.667. The van der Waals surface area contributed by atoms with Gasteiger partial charge in [0, 0.05) is 12.6 Å². The standard InChI is InChI=1S/C12H22ClN5/c1-5-18(6-2)7-8(3)15-11-10(14)9(4)16-12(13)17-11/h8H,5-7,14H2,1-4H3,(H,15,16,17). The highest BCUT2D eigenvalue weighted by atomic mass is 35.5. The number of hydrogen-bond donors (Lipinski definition) is 2. The molecular formula is C12H22ClN5. The van der Waals surface area contributed by atoms with Gasteiger partial charge >= 0.3 is 0 Å². The number of anilines is 2. The first-order valence-corrected chi connectivity index (χ1v) is 6.64. The Balaban J connectivity index is 2.72. The second-order valence-electron chi connectivity index (χ2n) is 4.37. The van der Waals surface area contributed by atoms with Gasteiger partial charge in [-0.3, -0.25) is 0 Å². The lowest BCUT2D eigenvalue weighted by atomic mass is 10.2. The van der Waals surface area contributed by atoms with E-state index in [9.17, 15) is 0 Å². The highest BCUT2D eigenvalue weighted by molar-refractivity contribution is 6.28. The predicted molar refractivity (Wildman–Crippen MR) is 77.1 cm³/mol. The van der Waals surface area contributed by atoms with Crippen molar-refractivity contribution in [2.24, 2.45) is 0 Å². The van der Waals surface area contributed by atoms with E-state index in [4.69, 9.17) is 17.3 Å². The zero-order valence-electron chi connectivity index (χ0n) is 11.5. The molecule has 0 amide bonds. The molecule has 1 atom stereocenters. The third-order valence-electron chi connectivity index (χ3n) is 2.92. The molecule has 0 aliphatic rings. The number of aromatic nitrogens is 2. The maximum Gasteiger partial charge on any atom is 0.224 e. The molecule has 102 valence electrons. The summed E-state index contributed by atoms with van der Waals surface area (Å²) in [5.41, 5.74) is 7.20. The number of likely N-dealkylation sites (N-methyl/N-ethyl adjacent to an activating group) is 1. The molecule has 1 aromatic rings. The minimum absolute atomic E-state index is 0.222. The van der Waals surface area contributed by atoms with Crippen LogP contribution in [0.15, 0.2) is 0 Å². The van der Waals surface area contributed by atoms with E-state index < -0.39 is 0 Å². The smallest absolute Gasteiger partial charge is 0.224 e. The fourth-order valence-electron chi connectivity index (χ4n) is 1.81. The average molecular weight is 272 g/mol. The van der Waals surface area contributed by atoms with Gasteiger partial charge in [-0.15, -0.1) is 0 Å². The molecule has 1 unspecified atom stereocenters. The van der Waals surface area contributed by atoms with Crippen LogP contribution in [0.4, 0.5) is 11.5 Å². The third-order valence-corrected chi connectivity index (χ3v) is 3.09. The minimum Gasteiger partial charge on any atom is -0.394 e. The number of aryl methyl sites for hydroxylation is 1. The van der Waals surface area contributed by atoms with Crippen LogP contribution in [0.5, 0.6) is 0 Å². The van der Waals surface area contributed by atoms with Gasteiger partial charge in [0.1, 0.15) is 0 Å². The molecule has 0 spiro atoms. The van der Waals surface area contributed by atoms with E-state index in [-0.39, 0.29) is 11.3 Å². The van der Waals surface area contributed by atoms with Crippen molar-refractivity contribution in [1.82, 2.24) is 14.9 Å². The third kappa shape index (κ3) is 3.99. The molecule has 6 heteroatoms. The van der Waals surface area contributed by atoms with E-state index >= 15 is 0 Å². The molecule has 0 saturated heterocycles. The average Bonchev–Trinajstić information content (AvgIpc) is 2.32. The van der Waals surface area contributed by atoms with Gasteiger partial charge in [-0.05, 0) is 38.5 Å². The Labute approximate surface area is 114 Å². The van der Waals surface area contributed by atoms with E-state index in [1.165, 1.54) is 0 Å². The van der Waals surface area contributed by atoms with Crippen LogP contribution in [0, 0.1) is 6.92 Å². The Morgan fingerprint density at radius 2 is 1.94 bits per heavy atom. The van der Waals surface area contributed by atoms with Crippen LogP contribution in [0.1, 0.15) is 26.5 Å². The summed E-state index contributed by atoms with van der Waals surface area (Å²) in [6.07, 6.45) is 0. The Hall–Kier alpha value is -1.07. The van der Waals surface area contributed by atoms with Crippen LogP contribution >= 0.6 is 11.6 Å². The Morgan fingerprint density at radius 3 is 2.50 bits per heavy atom. The Kier molecular flexibility index (Phi) is 5.62. The van der Waals surface area contributed by atoms with Gasteiger partial charge in [-0.25, -0.2) is 4.98 Å². The number of rotatable bonds is 6. The Morgan fingerprint density at radius 1 is 1.33 bits per heavy atom. The zero-order valence-corrected chi connectivity index (χ0v) is 12.3. The summed E-state index contributed by atoms with van der Waals surface area (Å²) >= 11 is 5.84. The molecule has 0 aliphatic carbocycles. The summed E-state index contributed by atoms with van der Waals surface area (Å²) in [6.45, 7) is 11.2. The molecule has 3 N–H and O–H groups in total. The van der Waals surface area contributed by atoms with Crippen LogP contribution in [0.2, 0.25) is 5.28 Å². The Bertz CT molecular complexity index is 392. The van der Waals surface area contributed by atoms with Crippen molar-refractivity contribution >= 4 is 23.1 Å². The normalized spacial score (nSPS) is 12.8. The predicted octanol–water partition coefficient (Wildman–Crippen LogP) is 2.16. The fourth-order valence-corrected chi connectivity index (χ4v) is 2.02. The first kappa shape index (κ1) is 15.0. The van der Waals surface area contributed by atoms with E-state index in [0.717, 1.165) is 19.6 Å². The number of hydrogen-bond acceptors (Lipinski definition) is 5. The topological polar surface area (TPSA) is 67.1 Å². The molecule has 5 nitrogen and oxygen atoms in total. The molecular weight excluding hydrogens is 250 g/mol. The largest absolute Gasteiger partial charge is 0.394 e. The highest BCUT2D eigenvalue weighted by Gasteiger charge is 2.12. The van der Waals surface area contributed by atoms with Crippen LogP contribution in [-0.4, -0.2) is 40.5 Å². The monoisotopic (exact) mass is 271 g/mol. The molecule has 0 saturated carbocycles. The summed E-state index contributed by atoms with van der Waals surface area (Å²) in [4.78, 5) is 10.5. The highest BCUT2D eigenvalue weighted by Crippen LogP contribution is 2.21.